The predicted molar refractivity (Wildman–Crippen MR) is 68.9 cm³/mol. The average molecular weight is 299 g/mol. The van der Waals surface area contributed by atoms with E-state index in [2.05, 4.69) is 15.9 Å². The van der Waals surface area contributed by atoms with Crippen LogP contribution >= 0.6 is 15.9 Å². The Morgan fingerprint density at radius 3 is 2.94 bits per heavy atom. The average Bonchev–Trinajstić information content (AvgIpc) is 2.39. The number of halogens is 1. The molecule has 1 aromatic rings. The summed E-state index contributed by atoms with van der Waals surface area (Å²) in [5, 5.41) is 10.3. The molecule has 0 fully saturated rings. The van der Waals surface area contributed by atoms with Gasteiger partial charge in [0.05, 0.1) is 20.0 Å². The first-order valence-electron chi connectivity index (χ1n) is 5.54. The number of methoxy groups -OCH3 is 1. The Morgan fingerprint density at radius 1 is 1.47 bits per heavy atom. The third kappa shape index (κ3) is 2.82. The maximum Gasteiger partial charge on any atom is 0.125 e. The van der Waals surface area contributed by atoms with Crippen molar-refractivity contribution in [2.45, 2.75) is 18.9 Å². The lowest BCUT2D eigenvalue weighted by Crippen LogP contribution is -2.09. The molecule has 0 radical (unpaired) electrons. The third-order valence-corrected chi connectivity index (χ3v) is 3.29. The van der Waals surface area contributed by atoms with Gasteiger partial charge in [-0.25, -0.2) is 0 Å². The van der Waals surface area contributed by atoms with Gasteiger partial charge in [-0.1, -0.05) is 15.9 Å². The number of rotatable bonds is 3. The number of aliphatic hydroxyl groups excluding tert-OH is 1. The fourth-order valence-electron chi connectivity index (χ4n) is 1.90. The molecule has 0 aliphatic carbocycles. The van der Waals surface area contributed by atoms with Gasteiger partial charge in [-0.05, 0) is 36.6 Å². The lowest BCUT2D eigenvalue weighted by atomic mass is 9.97. The summed E-state index contributed by atoms with van der Waals surface area (Å²) in [5.74, 6) is 0.687. The summed E-state index contributed by atoms with van der Waals surface area (Å²) in [4.78, 5) is 0. The van der Waals surface area contributed by atoms with Gasteiger partial charge in [-0.15, -0.1) is 0 Å². The molecule has 4 heteroatoms. The van der Waals surface area contributed by atoms with Gasteiger partial charge in [0.15, 0.2) is 0 Å². The first-order chi connectivity index (χ1) is 8.22. The molecular weight excluding hydrogens is 284 g/mol. The minimum atomic E-state index is -0.664. The highest BCUT2D eigenvalue weighted by Gasteiger charge is 2.20. The van der Waals surface area contributed by atoms with E-state index in [0.29, 0.717) is 5.75 Å². The van der Waals surface area contributed by atoms with E-state index in [4.69, 9.17) is 9.47 Å². The van der Waals surface area contributed by atoms with Gasteiger partial charge in [0.25, 0.3) is 0 Å². The van der Waals surface area contributed by atoms with Crippen molar-refractivity contribution in [1.82, 2.24) is 0 Å². The number of hydrogen-bond acceptors (Lipinski definition) is 3. The Morgan fingerprint density at radius 2 is 2.29 bits per heavy atom. The van der Waals surface area contributed by atoms with Crippen molar-refractivity contribution in [1.29, 1.82) is 0 Å². The molecule has 0 bridgehead atoms. The molecule has 92 valence electrons. The maximum atomic E-state index is 10.3. The Labute approximate surface area is 109 Å². The molecule has 1 aliphatic rings. The van der Waals surface area contributed by atoms with E-state index >= 15 is 0 Å². The highest BCUT2D eigenvalue weighted by atomic mass is 79.9. The Bertz CT molecular complexity index is 429. The molecule has 0 amide bonds. The highest BCUT2D eigenvalue weighted by molar-refractivity contribution is 9.10. The molecule has 2 rings (SSSR count). The van der Waals surface area contributed by atoms with Crippen LogP contribution in [-0.4, -0.2) is 18.8 Å². The lowest BCUT2D eigenvalue weighted by Gasteiger charge is -2.21. The summed E-state index contributed by atoms with van der Waals surface area (Å²) in [7, 11) is 1.60. The number of ether oxygens (including phenoxy) is 2. The first kappa shape index (κ1) is 12.5. The van der Waals surface area contributed by atoms with Crippen molar-refractivity contribution in [2.24, 2.45) is 0 Å². The zero-order valence-corrected chi connectivity index (χ0v) is 11.2. The number of benzene rings is 1. The van der Waals surface area contributed by atoms with Crippen molar-refractivity contribution in [3.63, 3.8) is 0 Å². The van der Waals surface area contributed by atoms with E-state index in [1.165, 1.54) is 0 Å². The first-order valence-corrected chi connectivity index (χ1v) is 6.33. The smallest absolute Gasteiger partial charge is 0.125 e. The van der Waals surface area contributed by atoms with Gasteiger partial charge in [0, 0.05) is 10.0 Å². The second-order valence-corrected chi connectivity index (χ2v) is 4.87. The van der Waals surface area contributed by atoms with Gasteiger partial charge in [0.2, 0.25) is 0 Å². The summed E-state index contributed by atoms with van der Waals surface area (Å²) >= 11 is 3.40. The van der Waals surface area contributed by atoms with Crippen molar-refractivity contribution < 1.29 is 14.6 Å². The molecule has 1 unspecified atom stereocenters. The van der Waals surface area contributed by atoms with Crippen molar-refractivity contribution in [3.05, 3.63) is 40.1 Å². The molecular formula is C13H15BrO3. The molecule has 17 heavy (non-hydrogen) atoms. The zero-order valence-electron chi connectivity index (χ0n) is 9.65. The van der Waals surface area contributed by atoms with Crippen LogP contribution in [0.25, 0.3) is 0 Å². The van der Waals surface area contributed by atoms with E-state index in [0.717, 1.165) is 35.1 Å². The predicted octanol–water partition coefficient (Wildman–Crippen LogP) is 3.19. The van der Waals surface area contributed by atoms with Crippen LogP contribution in [0.1, 0.15) is 24.5 Å². The third-order valence-electron chi connectivity index (χ3n) is 2.80. The van der Waals surface area contributed by atoms with Crippen molar-refractivity contribution in [3.8, 4) is 5.75 Å². The molecule has 1 atom stereocenters. The summed E-state index contributed by atoms with van der Waals surface area (Å²) < 4.78 is 11.4. The van der Waals surface area contributed by atoms with Crippen LogP contribution in [0.5, 0.6) is 5.75 Å². The van der Waals surface area contributed by atoms with Crippen molar-refractivity contribution >= 4 is 15.9 Å². The standard InChI is InChI=1S/C13H15BrO3/c1-16-12-5-4-10(14)7-11(12)13(15)9-3-2-6-17-8-9/h4-5,7-8,13,15H,2-3,6H2,1H3. The molecule has 1 N–H and O–H groups in total. The molecule has 1 aliphatic heterocycles. The normalized spacial score (nSPS) is 17.0. The van der Waals surface area contributed by atoms with Gasteiger partial charge >= 0.3 is 0 Å². The second kappa shape index (κ2) is 5.56. The van der Waals surface area contributed by atoms with Gasteiger partial charge in [-0.3, -0.25) is 0 Å². The summed E-state index contributed by atoms with van der Waals surface area (Å²) in [6, 6.07) is 5.60. The van der Waals surface area contributed by atoms with Gasteiger partial charge < -0.3 is 14.6 Å². The van der Waals surface area contributed by atoms with Crippen LogP contribution in [0.15, 0.2) is 34.5 Å². The minimum absolute atomic E-state index is 0.664. The minimum Gasteiger partial charge on any atom is -0.501 e. The number of aliphatic hydroxyl groups is 1. The van der Waals surface area contributed by atoms with E-state index in [9.17, 15) is 5.11 Å². The zero-order chi connectivity index (χ0) is 12.3. The summed E-state index contributed by atoms with van der Waals surface area (Å²) in [6.45, 7) is 0.728. The molecule has 0 saturated heterocycles. The molecule has 0 spiro atoms. The fourth-order valence-corrected chi connectivity index (χ4v) is 2.28. The topological polar surface area (TPSA) is 38.7 Å². The molecule has 1 heterocycles. The van der Waals surface area contributed by atoms with Crippen LogP contribution in [0, 0.1) is 0 Å². The van der Waals surface area contributed by atoms with Crippen molar-refractivity contribution in [2.75, 3.05) is 13.7 Å². The monoisotopic (exact) mass is 298 g/mol. The van der Waals surface area contributed by atoms with Crippen LogP contribution in [0.2, 0.25) is 0 Å². The Kier molecular flexibility index (Phi) is 4.07. The Hall–Kier alpha value is -1.00. The van der Waals surface area contributed by atoms with Crippen LogP contribution in [0.3, 0.4) is 0 Å². The summed E-state index contributed by atoms with van der Waals surface area (Å²) in [6.07, 6.45) is 2.80. The van der Waals surface area contributed by atoms with Crippen LogP contribution in [0.4, 0.5) is 0 Å². The molecule has 3 nitrogen and oxygen atoms in total. The summed E-state index contributed by atoms with van der Waals surface area (Å²) in [5.41, 5.74) is 1.66. The van der Waals surface area contributed by atoms with E-state index in [1.54, 1.807) is 13.4 Å². The van der Waals surface area contributed by atoms with Gasteiger partial charge in [0.1, 0.15) is 11.9 Å². The molecule has 0 aromatic heterocycles. The maximum absolute atomic E-state index is 10.3. The van der Waals surface area contributed by atoms with E-state index in [-0.39, 0.29) is 0 Å². The molecule has 0 saturated carbocycles. The highest BCUT2D eigenvalue weighted by Crippen LogP contribution is 2.34. The van der Waals surface area contributed by atoms with Crippen LogP contribution < -0.4 is 4.74 Å². The second-order valence-electron chi connectivity index (χ2n) is 3.96. The molecule has 1 aromatic carbocycles. The number of hydrogen-bond donors (Lipinski definition) is 1. The lowest BCUT2D eigenvalue weighted by molar-refractivity contribution is 0.168. The largest absolute Gasteiger partial charge is 0.501 e. The van der Waals surface area contributed by atoms with Gasteiger partial charge in [-0.2, -0.15) is 0 Å². The quantitative estimate of drug-likeness (QED) is 0.931. The fraction of sp³-hybridized carbons (Fsp3) is 0.385. The van der Waals surface area contributed by atoms with Crippen LogP contribution in [-0.2, 0) is 4.74 Å². The Balaban J connectivity index is 2.31. The van der Waals surface area contributed by atoms with E-state index < -0.39 is 6.10 Å². The van der Waals surface area contributed by atoms with E-state index in [1.807, 2.05) is 18.2 Å². The SMILES string of the molecule is COc1ccc(Br)cc1C(O)C1=COCCC1.